The number of thiophene rings is 1. The van der Waals surface area contributed by atoms with E-state index in [1.54, 1.807) is 0 Å². The molecule has 0 aliphatic carbocycles. The summed E-state index contributed by atoms with van der Waals surface area (Å²) >= 11 is 1.46. The van der Waals surface area contributed by atoms with Gasteiger partial charge in [-0.2, -0.15) is 0 Å². The lowest BCUT2D eigenvalue weighted by Crippen LogP contribution is -2.49. The zero-order chi connectivity index (χ0) is 16.1. The number of amides is 2. The number of hydrogen-bond donors (Lipinski definition) is 2. The van der Waals surface area contributed by atoms with Crippen molar-refractivity contribution in [3.8, 4) is 0 Å². The number of rotatable bonds is 4. The number of nitrogens with zero attached hydrogens (tertiary/aromatic N) is 1. The van der Waals surface area contributed by atoms with E-state index < -0.39 is 0 Å². The summed E-state index contributed by atoms with van der Waals surface area (Å²) in [6.45, 7) is 8.39. The van der Waals surface area contributed by atoms with Crippen LogP contribution in [-0.4, -0.2) is 49.1 Å². The molecule has 0 bridgehead atoms. The van der Waals surface area contributed by atoms with Gasteiger partial charge in [-0.05, 0) is 31.9 Å². The highest BCUT2D eigenvalue weighted by Crippen LogP contribution is 2.21. The number of morpholine rings is 1. The largest absolute Gasteiger partial charge is 0.376 e. The van der Waals surface area contributed by atoms with Crippen molar-refractivity contribution in [2.75, 3.05) is 26.2 Å². The van der Waals surface area contributed by atoms with Crippen LogP contribution in [0.5, 0.6) is 0 Å². The average Bonchev–Trinajstić information content (AvgIpc) is 2.86. The number of aryl methyl sites for hydroxylation is 2. The molecule has 0 radical (unpaired) electrons. The van der Waals surface area contributed by atoms with Gasteiger partial charge in [-0.3, -0.25) is 25.3 Å². The molecular weight excluding hydrogens is 302 g/mol. The first-order valence-corrected chi connectivity index (χ1v) is 8.33. The van der Waals surface area contributed by atoms with E-state index in [0.29, 0.717) is 11.5 Å². The quantitative estimate of drug-likeness (QED) is 0.813. The van der Waals surface area contributed by atoms with Gasteiger partial charge >= 0.3 is 0 Å². The van der Waals surface area contributed by atoms with E-state index in [1.165, 1.54) is 16.2 Å². The maximum Gasteiger partial charge on any atom is 0.279 e. The molecular formula is C15H23N3O3S. The van der Waals surface area contributed by atoms with Crippen LogP contribution >= 0.6 is 11.3 Å². The highest BCUT2D eigenvalue weighted by molar-refractivity contribution is 7.14. The fourth-order valence-corrected chi connectivity index (χ4v) is 3.46. The van der Waals surface area contributed by atoms with Crippen molar-refractivity contribution in [2.45, 2.75) is 33.3 Å². The number of hydrogen-bond acceptors (Lipinski definition) is 5. The number of ether oxygens (including phenoxy) is 1. The second-order valence-electron chi connectivity index (χ2n) is 5.49. The first-order chi connectivity index (χ1) is 10.5. The molecule has 2 heterocycles. The van der Waals surface area contributed by atoms with E-state index in [-0.39, 0.29) is 24.5 Å². The Bertz CT molecular complexity index is 544. The van der Waals surface area contributed by atoms with E-state index in [1.807, 2.05) is 24.8 Å². The number of hydrazine groups is 1. The van der Waals surface area contributed by atoms with Crippen molar-refractivity contribution in [1.29, 1.82) is 0 Å². The predicted octanol–water partition coefficient (Wildman–Crippen LogP) is 1.10. The van der Waals surface area contributed by atoms with Crippen LogP contribution in [0.3, 0.4) is 0 Å². The normalized spacial score (nSPS) is 19.0. The Morgan fingerprint density at radius 3 is 2.86 bits per heavy atom. The standard InChI is InChI=1S/C15H23N3O3S/c1-4-12-10(2)7-13(22-12)15(20)17-16-14(19)9-18-5-6-21-11(3)8-18/h7,11H,4-6,8-9H2,1-3H3,(H,16,19)(H,17,20)/t11-/m1/s1. The van der Waals surface area contributed by atoms with Crippen molar-refractivity contribution >= 4 is 23.2 Å². The maximum atomic E-state index is 12.0. The van der Waals surface area contributed by atoms with Gasteiger partial charge in [0.25, 0.3) is 11.8 Å². The van der Waals surface area contributed by atoms with Gasteiger partial charge in [-0.25, -0.2) is 0 Å². The third kappa shape index (κ3) is 4.53. The molecule has 2 rings (SSSR count). The summed E-state index contributed by atoms with van der Waals surface area (Å²) in [5.41, 5.74) is 6.07. The molecule has 1 fully saturated rings. The molecule has 2 N–H and O–H groups in total. The van der Waals surface area contributed by atoms with E-state index in [2.05, 4.69) is 17.8 Å². The minimum atomic E-state index is -0.267. The second-order valence-corrected chi connectivity index (χ2v) is 6.63. The van der Waals surface area contributed by atoms with Crippen molar-refractivity contribution in [3.05, 3.63) is 21.4 Å². The summed E-state index contributed by atoms with van der Waals surface area (Å²) in [5.74, 6) is -0.483. The van der Waals surface area contributed by atoms with Crippen LogP contribution in [0.4, 0.5) is 0 Å². The molecule has 122 valence electrons. The van der Waals surface area contributed by atoms with E-state index >= 15 is 0 Å². The van der Waals surface area contributed by atoms with Crippen LogP contribution < -0.4 is 10.9 Å². The summed E-state index contributed by atoms with van der Waals surface area (Å²) in [6, 6.07) is 1.86. The molecule has 1 saturated heterocycles. The van der Waals surface area contributed by atoms with Crippen LogP contribution in [0.1, 0.15) is 34.0 Å². The molecule has 1 atom stereocenters. The Morgan fingerprint density at radius 1 is 1.45 bits per heavy atom. The summed E-state index contributed by atoms with van der Waals surface area (Å²) < 4.78 is 5.43. The molecule has 1 aliphatic heterocycles. The molecule has 0 saturated carbocycles. The van der Waals surface area contributed by atoms with Gasteiger partial charge in [0, 0.05) is 18.0 Å². The first-order valence-electron chi connectivity index (χ1n) is 7.52. The first kappa shape index (κ1) is 16.9. The van der Waals surface area contributed by atoms with Crippen LogP contribution in [0.15, 0.2) is 6.07 Å². The highest BCUT2D eigenvalue weighted by atomic mass is 32.1. The molecule has 0 unspecified atom stereocenters. The average molecular weight is 325 g/mol. The van der Waals surface area contributed by atoms with Crippen LogP contribution in [0, 0.1) is 6.92 Å². The van der Waals surface area contributed by atoms with Crippen molar-refractivity contribution < 1.29 is 14.3 Å². The summed E-state index contributed by atoms with van der Waals surface area (Å²) in [5, 5.41) is 0. The molecule has 7 heteroatoms. The van der Waals surface area contributed by atoms with Gasteiger partial charge in [0.15, 0.2) is 0 Å². The molecule has 0 spiro atoms. The Labute approximate surface area is 134 Å². The van der Waals surface area contributed by atoms with Crippen molar-refractivity contribution in [1.82, 2.24) is 15.8 Å². The lowest BCUT2D eigenvalue weighted by atomic mass is 10.2. The number of nitrogens with one attached hydrogen (secondary N) is 2. The lowest BCUT2D eigenvalue weighted by Gasteiger charge is -2.30. The summed E-state index contributed by atoms with van der Waals surface area (Å²) in [7, 11) is 0. The lowest BCUT2D eigenvalue weighted by molar-refractivity contribution is -0.124. The Balaban J connectivity index is 1.78. The Kier molecular flexibility index (Phi) is 5.93. The molecule has 0 aromatic carbocycles. The monoisotopic (exact) mass is 325 g/mol. The smallest absolute Gasteiger partial charge is 0.279 e. The van der Waals surface area contributed by atoms with Crippen LogP contribution in [0.25, 0.3) is 0 Å². The Hall–Kier alpha value is -1.44. The van der Waals surface area contributed by atoms with Gasteiger partial charge in [0.05, 0.1) is 24.1 Å². The van der Waals surface area contributed by atoms with E-state index in [4.69, 9.17) is 4.74 Å². The second kappa shape index (κ2) is 7.71. The van der Waals surface area contributed by atoms with E-state index in [0.717, 1.165) is 25.1 Å². The number of carbonyl (C=O) groups is 2. The summed E-state index contributed by atoms with van der Waals surface area (Å²) in [4.78, 5) is 27.7. The third-order valence-corrected chi connectivity index (χ3v) is 4.95. The van der Waals surface area contributed by atoms with Gasteiger partial charge in [-0.1, -0.05) is 6.92 Å². The molecule has 22 heavy (non-hydrogen) atoms. The van der Waals surface area contributed by atoms with Gasteiger partial charge in [0.1, 0.15) is 0 Å². The minimum Gasteiger partial charge on any atom is -0.376 e. The molecule has 2 amide bonds. The topological polar surface area (TPSA) is 70.7 Å². The maximum absolute atomic E-state index is 12.0. The molecule has 1 aliphatic rings. The fraction of sp³-hybridized carbons (Fsp3) is 0.600. The number of carbonyl (C=O) groups excluding carboxylic acids is 2. The van der Waals surface area contributed by atoms with Crippen molar-refractivity contribution in [2.24, 2.45) is 0 Å². The molecule has 1 aromatic heterocycles. The predicted molar refractivity (Wildman–Crippen MR) is 85.9 cm³/mol. The molecule has 1 aromatic rings. The van der Waals surface area contributed by atoms with Crippen molar-refractivity contribution in [3.63, 3.8) is 0 Å². The van der Waals surface area contributed by atoms with Crippen LogP contribution in [0.2, 0.25) is 0 Å². The summed E-state index contributed by atoms with van der Waals surface area (Å²) in [6.07, 6.45) is 1.04. The van der Waals surface area contributed by atoms with Gasteiger partial charge in [-0.15, -0.1) is 11.3 Å². The zero-order valence-electron chi connectivity index (χ0n) is 13.3. The van der Waals surface area contributed by atoms with Gasteiger partial charge in [0.2, 0.25) is 0 Å². The zero-order valence-corrected chi connectivity index (χ0v) is 14.1. The third-order valence-electron chi connectivity index (χ3n) is 3.57. The molecule has 6 nitrogen and oxygen atoms in total. The van der Waals surface area contributed by atoms with Gasteiger partial charge < -0.3 is 4.74 Å². The Morgan fingerprint density at radius 2 is 2.23 bits per heavy atom. The minimum absolute atomic E-state index is 0.137. The fourth-order valence-electron chi connectivity index (χ4n) is 2.45. The highest BCUT2D eigenvalue weighted by Gasteiger charge is 2.19. The SMILES string of the molecule is CCc1sc(C(=O)NNC(=O)CN2CCO[C@H](C)C2)cc1C. The van der Waals surface area contributed by atoms with Crippen LogP contribution in [-0.2, 0) is 16.0 Å². The van der Waals surface area contributed by atoms with E-state index in [9.17, 15) is 9.59 Å².